The van der Waals surface area contributed by atoms with E-state index in [2.05, 4.69) is 48.2 Å². The number of hydrogen-bond donors (Lipinski definition) is 0. The van der Waals surface area contributed by atoms with Gasteiger partial charge in [-0.3, -0.25) is 4.90 Å². The number of rotatable bonds is 2. The van der Waals surface area contributed by atoms with Gasteiger partial charge in [0.1, 0.15) is 0 Å². The van der Waals surface area contributed by atoms with Gasteiger partial charge in [0, 0.05) is 13.1 Å². The Hall–Kier alpha value is -1.08. The van der Waals surface area contributed by atoms with Gasteiger partial charge in [0.2, 0.25) is 0 Å². The van der Waals surface area contributed by atoms with Crippen molar-refractivity contribution in [1.29, 1.82) is 0 Å². The minimum absolute atomic E-state index is 0.915. The lowest BCUT2D eigenvalue weighted by molar-refractivity contribution is 0.333. The van der Waals surface area contributed by atoms with Crippen molar-refractivity contribution in [2.45, 2.75) is 6.42 Å². The predicted octanol–water partition coefficient (Wildman–Crippen LogP) is 2.61. The van der Waals surface area contributed by atoms with Crippen molar-refractivity contribution >= 4 is 5.57 Å². The zero-order chi connectivity index (χ0) is 9.80. The third-order valence-corrected chi connectivity index (χ3v) is 2.75. The smallest absolute Gasteiger partial charge is 0.0169 e. The molecule has 1 aromatic rings. The summed E-state index contributed by atoms with van der Waals surface area (Å²) in [7, 11) is 0. The summed E-state index contributed by atoms with van der Waals surface area (Å²) in [6.07, 6.45) is 3.48. The second-order valence-electron chi connectivity index (χ2n) is 3.65. The highest BCUT2D eigenvalue weighted by Crippen LogP contribution is 2.21. The van der Waals surface area contributed by atoms with Crippen LogP contribution in [0.25, 0.3) is 5.57 Å². The first kappa shape index (κ1) is 9.47. The van der Waals surface area contributed by atoms with Crippen LogP contribution >= 0.6 is 0 Å². The van der Waals surface area contributed by atoms with Crippen molar-refractivity contribution in [3.8, 4) is 0 Å². The zero-order valence-electron chi connectivity index (χ0n) is 8.45. The highest BCUT2D eigenvalue weighted by molar-refractivity contribution is 5.66. The van der Waals surface area contributed by atoms with Crippen molar-refractivity contribution < 1.29 is 0 Å². The molecule has 0 aliphatic carbocycles. The highest BCUT2D eigenvalue weighted by Gasteiger charge is 2.10. The van der Waals surface area contributed by atoms with Crippen LogP contribution in [0.3, 0.4) is 0 Å². The first-order chi connectivity index (χ1) is 6.90. The Morgan fingerprint density at radius 2 is 2.00 bits per heavy atom. The highest BCUT2D eigenvalue weighted by atomic mass is 15.1. The van der Waals surface area contributed by atoms with E-state index < -0.39 is 0 Å². The van der Waals surface area contributed by atoms with Crippen LogP contribution in [-0.2, 0) is 0 Å². The molecule has 0 fully saturated rings. The molecule has 0 aromatic heterocycles. The van der Waals surface area contributed by atoms with Crippen LogP contribution in [0.1, 0.15) is 12.0 Å². The fourth-order valence-corrected chi connectivity index (χ4v) is 1.83. The van der Waals surface area contributed by atoms with E-state index in [0.29, 0.717) is 0 Å². The molecule has 1 radical (unpaired) electrons. The zero-order valence-corrected chi connectivity index (χ0v) is 8.45. The van der Waals surface area contributed by atoms with Crippen molar-refractivity contribution in [1.82, 2.24) is 4.90 Å². The fraction of sp³-hybridized carbons (Fsp3) is 0.308. The molecule has 1 aromatic carbocycles. The van der Waals surface area contributed by atoms with E-state index in [1.165, 1.54) is 11.1 Å². The molecule has 1 nitrogen and oxygen atoms in total. The van der Waals surface area contributed by atoms with Gasteiger partial charge >= 0.3 is 0 Å². The first-order valence-corrected chi connectivity index (χ1v) is 5.16. The Kier molecular flexibility index (Phi) is 3.00. The largest absolute Gasteiger partial charge is 0.299 e. The normalized spacial score (nSPS) is 17.9. The van der Waals surface area contributed by atoms with Gasteiger partial charge in [-0.2, -0.15) is 0 Å². The fourth-order valence-electron chi connectivity index (χ4n) is 1.83. The molecule has 2 rings (SSSR count). The maximum atomic E-state index is 3.90. The summed E-state index contributed by atoms with van der Waals surface area (Å²) >= 11 is 0. The molecule has 1 aliphatic rings. The van der Waals surface area contributed by atoms with E-state index in [0.717, 1.165) is 26.1 Å². The van der Waals surface area contributed by atoms with Crippen molar-refractivity contribution in [2.75, 3.05) is 19.6 Å². The van der Waals surface area contributed by atoms with Crippen LogP contribution in [0.15, 0.2) is 36.4 Å². The standard InChI is InChI=1S/C13H16N/c1-2-14-10-8-13(9-11-14)12-6-4-3-5-7-12/h3-8H,1-2,9-11H2. The number of hydrogen-bond acceptors (Lipinski definition) is 1. The molecular formula is C13H16N. The van der Waals surface area contributed by atoms with E-state index in [4.69, 9.17) is 0 Å². The van der Waals surface area contributed by atoms with Gasteiger partial charge in [0.05, 0.1) is 0 Å². The first-order valence-electron chi connectivity index (χ1n) is 5.16. The van der Waals surface area contributed by atoms with Crippen LogP contribution in [0, 0.1) is 6.92 Å². The van der Waals surface area contributed by atoms with Crippen LogP contribution < -0.4 is 0 Å². The molecule has 0 bridgehead atoms. The van der Waals surface area contributed by atoms with Gasteiger partial charge in [-0.1, -0.05) is 36.4 Å². The SMILES string of the molecule is [CH2]CN1CC=C(c2ccccc2)CC1. The molecule has 1 heteroatoms. The van der Waals surface area contributed by atoms with E-state index >= 15 is 0 Å². The maximum Gasteiger partial charge on any atom is 0.0169 e. The monoisotopic (exact) mass is 186 g/mol. The lowest BCUT2D eigenvalue weighted by atomic mass is 10.00. The third kappa shape index (κ3) is 2.05. The minimum atomic E-state index is 0.915. The summed E-state index contributed by atoms with van der Waals surface area (Å²) in [6.45, 7) is 7.01. The summed E-state index contributed by atoms with van der Waals surface area (Å²) in [6, 6.07) is 10.6. The Morgan fingerprint density at radius 3 is 2.57 bits per heavy atom. The Morgan fingerprint density at radius 1 is 1.21 bits per heavy atom. The van der Waals surface area contributed by atoms with Gasteiger partial charge in [-0.25, -0.2) is 0 Å². The van der Waals surface area contributed by atoms with Crippen LogP contribution in [-0.4, -0.2) is 24.5 Å². The molecule has 0 spiro atoms. The van der Waals surface area contributed by atoms with Gasteiger partial charge in [-0.05, 0) is 31.0 Å². The second kappa shape index (κ2) is 4.43. The third-order valence-electron chi connectivity index (χ3n) is 2.75. The lowest BCUT2D eigenvalue weighted by Crippen LogP contribution is -2.28. The number of nitrogens with zero attached hydrogens (tertiary/aromatic N) is 1. The lowest BCUT2D eigenvalue weighted by Gasteiger charge is -2.24. The molecule has 0 amide bonds. The predicted molar refractivity (Wildman–Crippen MR) is 60.8 cm³/mol. The van der Waals surface area contributed by atoms with Gasteiger partial charge < -0.3 is 0 Å². The van der Waals surface area contributed by atoms with Crippen molar-refractivity contribution in [2.24, 2.45) is 0 Å². The molecule has 0 unspecified atom stereocenters. The maximum absolute atomic E-state index is 3.90. The van der Waals surface area contributed by atoms with Crippen LogP contribution in [0.5, 0.6) is 0 Å². The Labute approximate surface area is 86.1 Å². The number of benzene rings is 1. The minimum Gasteiger partial charge on any atom is -0.299 e. The molecule has 0 saturated heterocycles. The Bertz CT molecular complexity index is 313. The van der Waals surface area contributed by atoms with E-state index in [1.54, 1.807) is 0 Å². The van der Waals surface area contributed by atoms with Crippen molar-refractivity contribution in [3.63, 3.8) is 0 Å². The van der Waals surface area contributed by atoms with Crippen molar-refractivity contribution in [3.05, 3.63) is 48.9 Å². The molecule has 14 heavy (non-hydrogen) atoms. The van der Waals surface area contributed by atoms with E-state index in [9.17, 15) is 0 Å². The van der Waals surface area contributed by atoms with Crippen LogP contribution in [0.2, 0.25) is 0 Å². The summed E-state index contributed by atoms with van der Waals surface area (Å²) in [5.74, 6) is 0. The van der Waals surface area contributed by atoms with E-state index in [-0.39, 0.29) is 0 Å². The quantitative estimate of drug-likeness (QED) is 0.686. The molecule has 73 valence electrons. The molecule has 0 N–H and O–H groups in total. The van der Waals surface area contributed by atoms with Crippen LogP contribution in [0.4, 0.5) is 0 Å². The molecule has 1 heterocycles. The molecule has 0 atom stereocenters. The Balaban J connectivity index is 2.11. The summed E-state index contributed by atoms with van der Waals surface area (Å²) in [4.78, 5) is 2.35. The van der Waals surface area contributed by atoms with E-state index in [1.807, 2.05) is 0 Å². The average molecular weight is 186 g/mol. The second-order valence-corrected chi connectivity index (χ2v) is 3.65. The van der Waals surface area contributed by atoms with Gasteiger partial charge in [0.15, 0.2) is 0 Å². The summed E-state index contributed by atoms with van der Waals surface area (Å²) < 4.78 is 0. The summed E-state index contributed by atoms with van der Waals surface area (Å²) in [5.41, 5.74) is 2.85. The molecular weight excluding hydrogens is 170 g/mol. The topological polar surface area (TPSA) is 3.24 Å². The summed E-state index contributed by atoms with van der Waals surface area (Å²) in [5, 5.41) is 0. The molecule has 1 aliphatic heterocycles. The van der Waals surface area contributed by atoms with Gasteiger partial charge in [0.25, 0.3) is 0 Å². The van der Waals surface area contributed by atoms with Gasteiger partial charge in [-0.15, -0.1) is 0 Å². The average Bonchev–Trinajstić information content (AvgIpc) is 2.30. The molecule has 0 saturated carbocycles.